The number of hydrogen-bond acceptors (Lipinski definition) is 5. The molecule has 2 atom stereocenters. The number of fused-ring (bicyclic) bond motifs is 2. The summed E-state index contributed by atoms with van der Waals surface area (Å²) < 4.78 is 41.9. The van der Waals surface area contributed by atoms with Gasteiger partial charge in [-0.15, -0.1) is 0 Å². The molecule has 1 aromatic carbocycles. The van der Waals surface area contributed by atoms with Crippen molar-refractivity contribution >= 4 is 28.0 Å². The Kier molecular flexibility index (Phi) is 5.53. The number of carbonyl (C=O) groups is 1. The summed E-state index contributed by atoms with van der Waals surface area (Å²) in [6.07, 6.45) is 4.17. The Bertz CT molecular complexity index is 1470. The van der Waals surface area contributed by atoms with Crippen molar-refractivity contribution in [2.75, 3.05) is 19.8 Å². The van der Waals surface area contributed by atoms with E-state index in [9.17, 15) is 18.7 Å². The molecule has 4 aromatic rings. The fourth-order valence-electron chi connectivity index (χ4n) is 5.57. The summed E-state index contributed by atoms with van der Waals surface area (Å²) >= 11 is 0. The number of nitrogens with zero attached hydrogens (tertiary/aromatic N) is 3. The molecular weight excluding hydrogens is 470 g/mol. The van der Waals surface area contributed by atoms with Gasteiger partial charge in [-0.25, -0.2) is 18.6 Å². The first-order chi connectivity index (χ1) is 17.4. The fourth-order valence-corrected chi connectivity index (χ4v) is 5.57. The number of halogens is 2. The van der Waals surface area contributed by atoms with E-state index < -0.39 is 23.2 Å². The number of benzene rings is 1. The number of ether oxygens (including phenoxy) is 2. The zero-order valence-corrected chi connectivity index (χ0v) is 19.8. The first-order valence-electron chi connectivity index (χ1n) is 12.1. The van der Waals surface area contributed by atoms with Crippen molar-refractivity contribution in [3.05, 3.63) is 53.4 Å². The molecule has 8 nitrogen and oxygen atoms in total. The largest absolute Gasteiger partial charge is 0.479 e. The first kappa shape index (κ1) is 23.1. The van der Waals surface area contributed by atoms with Gasteiger partial charge >= 0.3 is 5.97 Å². The Labute approximate surface area is 205 Å². The highest BCUT2D eigenvalue weighted by molar-refractivity contribution is 5.93. The van der Waals surface area contributed by atoms with Crippen LogP contribution in [-0.2, 0) is 14.3 Å². The van der Waals surface area contributed by atoms with E-state index in [0.29, 0.717) is 37.4 Å². The Morgan fingerprint density at radius 1 is 1.17 bits per heavy atom. The second kappa shape index (κ2) is 8.63. The topological polar surface area (TPSA) is 102 Å². The van der Waals surface area contributed by atoms with E-state index in [2.05, 4.69) is 10.2 Å². The molecule has 2 aliphatic rings. The van der Waals surface area contributed by atoms with Crippen LogP contribution in [0, 0.1) is 11.6 Å². The summed E-state index contributed by atoms with van der Waals surface area (Å²) in [5, 5.41) is 17.5. The molecule has 2 aliphatic heterocycles. The maximum Gasteiger partial charge on any atom is 0.335 e. The van der Waals surface area contributed by atoms with Crippen LogP contribution in [0.1, 0.15) is 55.7 Å². The fraction of sp³-hybridized carbons (Fsp3) is 0.423. The lowest BCUT2D eigenvalue weighted by Crippen LogP contribution is -2.43. The summed E-state index contributed by atoms with van der Waals surface area (Å²) in [5.74, 6) is -2.83. The summed E-state index contributed by atoms with van der Waals surface area (Å²) in [6.45, 7) is 3.01. The molecule has 3 aromatic heterocycles. The third-order valence-electron chi connectivity index (χ3n) is 7.62. The molecule has 0 radical (unpaired) electrons. The van der Waals surface area contributed by atoms with E-state index in [1.165, 1.54) is 6.07 Å². The molecule has 0 bridgehead atoms. The molecule has 6 rings (SSSR count). The number of carboxylic acids is 1. The second-order valence-corrected chi connectivity index (χ2v) is 9.87. The van der Waals surface area contributed by atoms with Gasteiger partial charge in [-0.3, -0.25) is 5.10 Å². The van der Waals surface area contributed by atoms with Crippen LogP contribution in [0.3, 0.4) is 0 Å². The smallest absolute Gasteiger partial charge is 0.335 e. The van der Waals surface area contributed by atoms with Gasteiger partial charge < -0.3 is 19.1 Å². The monoisotopic (exact) mass is 496 g/mol. The number of aromatic nitrogens is 4. The van der Waals surface area contributed by atoms with Crippen molar-refractivity contribution in [2.24, 2.45) is 0 Å². The van der Waals surface area contributed by atoms with Crippen LogP contribution < -0.4 is 0 Å². The minimum atomic E-state index is -1.24. The van der Waals surface area contributed by atoms with Crippen molar-refractivity contribution in [2.45, 2.75) is 50.0 Å². The standard InChI is InChI=1S/C26H26F2N4O4/c1-26(25(33)34)7-4-15(13-36-26)21-22-20(10-16-12-29-31-24(16)30-22)32(17-2-3-18(27)19(28)11-17)23(21)14-5-8-35-9-6-14/h2-3,10-12,14-15H,4-9,13H2,1H3,(H,33,34)(H,29,30,31)/t15?,26-/m0/s1. The average molecular weight is 497 g/mol. The van der Waals surface area contributed by atoms with E-state index in [4.69, 9.17) is 14.5 Å². The minimum Gasteiger partial charge on any atom is -0.479 e. The lowest BCUT2D eigenvalue weighted by molar-refractivity contribution is -0.170. The average Bonchev–Trinajstić information content (AvgIpc) is 3.47. The normalized spacial score (nSPS) is 23.5. The van der Waals surface area contributed by atoms with Crippen LogP contribution >= 0.6 is 0 Å². The van der Waals surface area contributed by atoms with Crippen LogP contribution in [0.5, 0.6) is 0 Å². The van der Waals surface area contributed by atoms with Gasteiger partial charge in [0.25, 0.3) is 0 Å². The van der Waals surface area contributed by atoms with Crippen molar-refractivity contribution in [1.82, 2.24) is 19.7 Å². The van der Waals surface area contributed by atoms with E-state index in [0.717, 1.165) is 46.6 Å². The van der Waals surface area contributed by atoms with E-state index >= 15 is 0 Å². The second-order valence-electron chi connectivity index (χ2n) is 9.87. The van der Waals surface area contributed by atoms with Gasteiger partial charge in [0.2, 0.25) is 0 Å². The molecule has 5 heterocycles. The van der Waals surface area contributed by atoms with E-state index in [1.54, 1.807) is 19.2 Å². The molecule has 0 saturated carbocycles. The van der Waals surface area contributed by atoms with Crippen molar-refractivity contribution in [3.63, 3.8) is 0 Å². The number of aliphatic carboxylic acids is 1. The van der Waals surface area contributed by atoms with Crippen molar-refractivity contribution < 1.29 is 28.2 Å². The number of nitrogens with one attached hydrogen (secondary N) is 1. The summed E-state index contributed by atoms with van der Waals surface area (Å²) in [5.41, 5.74) is 3.31. The predicted octanol–water partition coefficient (Wildman–Crippen LogP) is 4.81. The lowest BCUT2D eigenvalue weighted by atomic mass is 9.82. The zero-order chi connectivity index (χ0) is 25.0. The van der Waals surface area contributed by atoms with Gasteiger partial charge in [0.1, 0.15) is 0 Å². The van der Waals surface area contributed by atoms with Gasteiger partial charge in [-0.05, 0) is 50.8 Å². The Morgan fingerprint density at radius 3 is 2.67 bits per heavy atom. The zero-order valence-electron chi connectivity index (χ0n) is 19.8. The predicted molar refractivity (Wildman–Crippen MR) is 127 cm³/mol. The number of hydrogen-bond donors (Lipinski definition) is 2. The molecular formula is C26H26F2N4O4. The quantitative estimate of drug-likeness (QED) is 0.420. The SMILES string of the molecule is C[C@@]1(C(=O)O)CCC(c2c(C3CCOCC3)n(-c3ccc(F)c(F)c3)c3cc4cn[nH]c4nc23)CO1. The lowest BCUT2D eigenvalue weighted by Gasteiger charge is -2.35. The van der Waals surface area contributed by atoms with Crippen molar-refractivity contribution in [3.8, 4) is 5.69 Å². The molecule has 2 saturated heterocycles. The first-order valence-corrected chi connectivity index (χ1v) is 12.1. The van der Waals surface area contributed by atoms with Gasteiger partial charge in [-0.1, -0.05) is 0 Å². The minimum absolute atomic E-state index is 0.0975. The molecule has 1 unspecified atom stereocenters. The number of aromatic amines is 1. The molecule has 10 heteroatoms. The highest BCUT2D eigenvalue weighted by Crippen LogP contribution is 2.45. The van der Waals surface area contributed by atoms with Crippen LogP contribution in [0.4, 0.5) is 8.78 Å². The molecule has 2 fully saturated rings. The van der Waals surface area contributed by atoms with Crippen LogP contribution in [0.15, 0.2) is 30.5 Å². The summed E-state index contributed by atoms with van der Waals surface area (Å²) in [6, 6.07) is 5.87. The third-order valence-corrected chi connectivity index (χ3v) is 7.62. The maximum absolute atomic E-state index is 14.5. The van der Waals surface area contributed by atoms with Crippen LogP contribution in [0.25, 0.3) is 27.8 Å². The molecule has 0 spiro atoms. The summed E-state index contributed by atoms with van der Waals surface area (Å²) in [7, 11) is 0. The van der Waals surface area contributed by atoms with E-state index in [-0.39, 0.29) is 18.4 Å². The van der Waals surface area contributed by atoms with Gasteiger partial charge in [0.05, 0.1) is 23.8 Å². The molecule has 36 heavy (non-hydrogen) atoms. The number of rotatable bonds is 4. The van der Waals surface area contributed by atoms with E-state index in [1.807, 2.05) is 10.6 Å². The number of pyridine rings is 1. The third kappa shape index (κ3) is 3.67. The van der Waals surface area contributed by atoms with Crippen LogP contribution in [-0.4, -0.2) is 56.2 Å². The van der Waals surface area contributed by atoms with Gasteiger partial charge in [0.15, 0.2) is 22.9 Å². The van der Waals surface area contributed by atoms with Gasteiger partial charge in [0, 0.05) is 53.4 Å². The van der Waals surface area contributed by atoms with Crippen molar-refractivity contribution in [1.29, 1.82) is 0 Å². The summed E-state index contributed by atoms with van der Waals surface area (Å²) in [4.78, 5) is 16.7. The Morgan fingerprint density at radius 2 is 1.97 bits per heavy atom. The Hall–Kier alpha value is -3.37. The highest BCUT2D eigenvalue weighted by atomic mass is 19.2. The molecule has 0 aliphatic carbocycles. The van der Waals surface area contributed by atoms with Crippen LogP contribution in [0.2, 0.25) is 0 Å². The maximum atomic E-state index is 14.5. The Balaban J connectivity index is 1.61. The molecule has 0 amide bonds. The molecule has 2 N–H and O–H groups in total. The van der Waals surface area contributed by atoms with Gasteiger partial charge in [-0.2, -0.15) is 5.10 Å². The highest BCUT2D eigenvalue weighted by Gasteiger charge is 2.41. The molecule has 188 valence electrons. The number of H-pyrrole nitrogens is 1. The number of carboxylic acid groups (broad SMARTS) is 1.